The lowest BCUT2D eigenvalue weighted by atomic mass is 10.1. The highest BCUT2D eigenvalue weighted by molar-refractivity contribution is 5.59. The molecule has 1 fully saturated rings. The normalized spacial score (nSPS) is 15.1. The van der Waals surface area contributed by atoms with E-state index in [2.05, 4.69) is 20.6 Å². The summed E-state index contributed by atoms with van der Waals surface area (Å²) in [7, 11) is 1.94. The number of ether oxygens (including phenoxy) is 1. The number of rotatable bonds is 8. The Bertz CT molecular complexity index is 756. The highest BCUT2D eigenvalue weighted by atomic mass is 16.5. The van der Waals surface area contributed by atoms with Gasteiger partial charge in [-0.3, -0.25) is 4.79 Å². The van der Waals surface area contributed by atoms with Crippen molar-refractivity contribution in [2.45, 2.75) is 38.3 Å². The van der Waals surface area contributed by atoms with Crippen LogP contribution in [-0.4, -0.2) is 47.4 Å². The van der Waals surface area contributed by atoms with Crippen LogP contribution in [-0.2, 0) is 11.3 Å². The molecule has 7 heteroatoms. The van der Waals surface area contributed by atoms with Gasteiger partial charge in [0, 0.05) is 49.8 Å². The number of aryl methyl sites for hydroxylation is 1. The topological polar surface area (TPSA) is 81.1 Å². The van der Waals surface area contributed by atoms with Crippen LogP contribution < -0.4 is 16.2 Å². The summed E-state index contributed by atoms with van der Waals surface area (Å²) in [5.74, 6) is 0.602. The minimum atomic E-state index is 0.00417. The Morgan fingerprint density at radius 1 is 1.27 bits per heavy atom. The second-order valence-electron chi connectivity index (χ2n) is 6.55. The average Bonchev–Trinajstić information content (AvgIpc) is 2.67. The molecule has 0 radical (unpaired) electrons. The molecule has 0 bridgehead atoms. The third-order valence-corrected chi connectivity index (χ3v) is 4.58. The quantitative estimate of drug-likeness (QED) is 0.702. The molecule has 2 N–H and O–H groups in total. The predicted octanol–water partition coefficient (Wildman–Crippen LogP) is 1.90. The zero-order chi connectivity index (χ0) is 18.2. The van der Waals surface area contributed by atoms with E-state index in [4.69, 9.17) is 4.74 Å². The van der Waals surface area contributed by atoms with Gasteiger partial charge in [-0.2, -0.15) is 0 Å². The van der Waals surface area contributed by atoms with Crippen molar-refractivity contribution in [1.29, 1.82) is 0 Å². The molecule has 0 saturated carbocycles. The Labute approximate surface area is 153 Å². The number of anilines is 1. The van der Waals surface area contributed by atoms with Crippen LogP contribution in [0.1, 0.15) is 25.7 Å². The molecule has 3 heterocycles. The Morgan fingerprint density at radius 2 is 2.12 bits per heavy atom. The van der Waals surface area contributed by atoms with E-state index >= 15 is 0 Å². The van der Waals surface area contributed by atoms with Gasteiger partial charge in [-0.1, -0.05) is 0 Å². The summed E-state index contributed by atoms with van der Waals surface area (Å²) in [5.41, 5.74) is 1.58. The molecular formula is C19H27N5O2. The molecule has 7 nitrogen and oxygen atoms in total. The second-order valence-corrected chi connectivity index (χ2v) is 6.55. The summed E-state index contributed by atoms with van der Waals surface area (Å²) in [6, 6.07) is 5.77. The third kappa shape index (κ3) is 5.12. The maximum atomic E-state index is 12.4. The highest BCUT2D eigenvalue weighted by Crippen LogP contribution is 2.17. The molecule has 2 aromatic heterocycles. The molecular weight excluding hydrogens is 330 g/mol. The molecule has 3 rings (SSSR count). The van der Waals surface area contributed by atoms with Crippen molar-refractivity contribution in [2.75, 3.05) is 32.1 Å². The first-order valence-electron chi connectivity index (χ1n) is 9.29. The average molecular weight is 357 g/mol. The zero-order valence-corrected chi connectivity index (χ0v) is 15.3. The van der Waals surface area contributed by atoms with Crippen LogP contribution in [0.15, 0.2) is 35.4 Å². The van der Waals surface area contributed by atoms with Crippen molar-refractivity contribution in [3.8, 4) is 11.3 Å². The third-order valence-electron chi connectivity index (χ3n) is 4.58. The summed E-state index contributed by atoms with van der Waals surface area (Å²) in [5, 5.41) is 6.48. The van der Waals surface area contributed by atoms with Crippen molar-refractivity contribution < 1.29 is 4.74 Å². The van der Waals surface area contributed by atoms with Crippen molar-refractivity contribution in [3.05, 3.63) is 40.9 Å². The standard InChI is InChI=1S/C19H27N5O2/c1-20-8-2-3-10-24-11-5-15(14-18(24)25)17-4-9-21-19(23-17)22-16-6-12-26-13-7-16/h4-5,9,11,14,16,20H,2-3,6-8,10,12-13H2,1H3,(H,21,22,23). The lowest BCUT2D eigenvalue weighted by molar-refractivity contribution is 0.0903. The van der Waals surface area contributed by atoms with E-state index in [0.29, 0.717) is 12.0 Å². The summed E-state index contributed by atoms with van der Waals surface area (Å²) in [4.78, 5) is 21.2. The minimum absolute atomic E-state index is 0.00417. The first-order valence-corrected chi connectivity index (χ1v) is 9.29. The Balaban J connectivity index is 1.67. The molecule has 0 aliphatic carbocycles. The number of hydrogen-bond donors (Lipinski definition) is 2. The number of pyridine rings is 1. The van der Waals surface area contributed by atoms with Crippen LogP contribution in [0, 0.1) is 0 Å². The molecule has 1 saturated heterocycles. The lowest BCUT2D eigenvalue weighted by Crippen LogP contribution is -2.28. The van der Waals surface area contributed by atoms with E-state index in [1.54, 1.807) is 16.8 Å². The van der Waals surface area contributed by atoms with Gasteiger partial charge < -0.3 is 19.9 Å². The molecule has 26 heavy (non-hydrogen) atoms. The fourth-order valence-corrected chi connectivity index (χ4v) is 3.05. The molecule has 1 aliphatic heterocycles. The van der Waals surface area contributed by atoms with Gasteiger partial charge in [0.15, 0.2) is 0 Å². The smallest absolute Gasteiger partial charge is 0.251 e. The summed E-state index contributed by atoms with van der Waals surface area (Å²) in [6.45, 7) is 3.24. The molecule has 2 aromatic rings. The van der Waals surface area contributed by atoms with E-state index in [-0.39, 0.29) is 5.56 Å². The van der Waals surface area contributed by atoms with Crippen LogP contribution in [0.3, 0.4) is 0 Å². The zero-order valence-electron chi connectivity index (χ0n) is 15.3. The maximum absolute atomic E-state index is 12.4. The van der Waals surface area contributed by atoms with E-state index in [0.717, 1.165) is 63.2 Å². The van der Waals surface area contributed by atoms with Crippen LogP contribution >= 0.6 is 0 Å². The van der Waals surface area contributed by atoms with E-state index in [1.165, 1.54) is 0 Å². The minimum Gasteiger partial charge on any atom is -0.381 e. The molecule has 140 valence electrons. The van der Waals surface area contributed by atoms with Gasteiger partial charge in [0.2, 0.25) is 5.95 Å². The molecule has 0 aromatic carbocycles. The Morgan fingerprint density at radius 3 is 2.88 bits per heavy atom. The second kappa shape index (κ2) is 9.45. The van der Waals surface area contributed by atoms with Gasteiger partial charge in [-0.15, -0.1) is 0 Å². The SMILES string of the molecule is CNCCCCn1ccc(-c2ccnc(NC3CCOCC3)n2)cc1=O. The summed E-state index contributed by atoms with van der Waals surface area (Å²) in [6.07, 6.45) is 7.52. The van der Waals surface area contributed by atoms with Gasteiger partial charge in [0.05, 0.1) is 5.69 Å². The van der Waals surface area contributed by atoms with E-state index in [9.17, 15) is 4.79 Å². The number of hydrogen-bond acceptors (Lipinski definition) is 6. The van der Waals surface area contributed by atoms with E-state index in [1.807, 2.05) is 25.4 Å². The molecule has 1 aliphatic rings. The molecule has 0 amide bonds. The van der Waals surface area contributed by atoms with Gasteiger partial charge in [-0.05, 0) is 51.4 Å². The van der Waals surface area contributed by atoms with Gasteiger partial charge in [0.25, 0.3) is 5.56 Å². The lowest BCUT2D eigenvalue weighted by Gasteiger charge is -2.23. The molecule has 0 unspecified atom stereocenters. The molecule has 0 atom stereocenters. The number of unbranched alkanes of at least 4 members (excludes halogenated alkanes) is 1. The first kappa shape index (κ1) is 18.5. The fraction of sp³-hybridized carbons (Fsp3) is 0.526. The van der Waals surface area contributed by atoms with Crippen LogP contribution in [0.25, 0.3) is 11.3 Å². The number of nitrogens with one attached hydrogen (secondary N) is 2. The van der Waals surface area contributed by atoms with Crippen molar-refractivity contribution in [1.82, 2.24) is 19.9 Å². The number of nitrogens with zero attached hydrogens (tertiary/aromatic N) is 3. The maximum Gasteiger partial charge on any atom is 0.251 e. The summed E-state index contributed by atoms with van der Waals surface area (Å²) < 4.78 is 7.13. The molecule has 0 spiro atoms. The Kier molecular flexibility index (Phi) is 6.74. The largest absolute Gasteiger partial charge is 0.381 e. The first-order chi connectivity index (χ1) is 12.8. The van der Waals surface area contributed by atoms with Gasteiger partial charge in [-0.25, -0.2) is 9.97 Å². The van der Waals surface area contributed by atoms with Gasteiger partial charge >= 0.3 is 0 Å². The van der Waals surface area contributed by atoms with Crippen LogP contribution in [0.2, 0.25) is 0 Å². The summed E-state index contributed by atoms with van der Waals surface area (Å²) >= 11 is 0. The number of aromatic nitrogens is 3. The predicted molar refractivity (Wildman–Crippen MR) is 102 cm³/mol. The monoisotopic (exact) mass is 357 g/mol. The van der Waals surface area contributed by atoms with Crippen molar-refractivity contribution in [2.24, 2.45) is 0 Å². The van der Waals surface area contributed by atoms with Crippen molar-refractivity contribution in [3.63, 3.8) is 0 Å². The van der Waals surface area contributed by atoms with Crippen LogP contribution in [0.4, 0.5) is 5.95 Å². The van der Waals surface area contributed by atoms with Crippen molar-refractivity contribution >= 4 is 5.95 Å². The Hall–Kier alpha value is -2.25. The van der Waals surface area contributed by atoms with Crippen LogP contribution in [0.5, 0.6) is 0 Å². The fourth-order valence-electron chi connectivity index (χ4n) is 3.05. The highest BCUT2D eigenvalue weighted by Gasteiger charge is 2.14. The van der Waals surface area contributed by atoms with Gasteiger partial charge in [0.1, 0.15) is 0 Å². The van der Waals surface area contributed by atoms with E-state index < -0.39 is 0 Å².